The second-order valence-electron chi connectivity index (χ2n) is 7.82. The van der Waals surface area contributed by atoms with Gasteiger partial charge in [0, 0.05) is 12.6 Å². The molecule has 0 bridgehead atoms. The molecule has 0 amide bonds. The number of benzene rings is 1. The molecule has 0 aliphatic rings. The lowest BCUT2D eigenvalue weighted by Crippen LogP contribution is -2.30. The van der Waals surface area contributed by atoms with Gasteiger partial charge in [0.15, 0.2) is 0 Å². The van der Waals surface area contributed by atoms with E-state index in [0.29, 0.717) is 6.04 Å². The van der Waals surface area contributed by atoms with E-state index in [0.717, 1.165) is 18.4 Å². The lowest BCUT2D eigenvalue weighted by molar-refractivity contribution is 0.331. The highest BCUT2D eigenvalue weighted by Crippen LogP contribution is 2.23. The van der Waals surface area contributed by atoms with Crippen LogP contribution in [0.1, 0.15) is 97.5 Å². The van der Waals surface area contributed by atoms with Crippen LogP contribution < -0.4 is 5.32 Å². The second kappa shape index (κ2) is 14.4. The van der Waals surface area contributed by atoms with Crippen molar-refractivity contribution in [3.8, 4) is 0 Å². The van der Waals surface area contributed by atoms with Gasteiger partial charge in [-0.1, -0.05) is 96.6 Å². The predicted molar refractivity (Wildman–Crippen MR) is 113 cm³/mol. The van der Waals surface area contributed by atoms with Crippen molar-refractivity contribution in [2.45, 2.75) is 104 Å². The molecule has 1 heteroatoms. The minimum atomic E-state index is 0.677. The summed E-state index contributed by atoms with van der Waals surface area (Å²) in [4.78, 5) is 0. The first-order valence-electron chi connectivity index (χ1n) is 11.0. The summed E-state index contributed by atoms with van der Waals surface area (Å²) in [6.07, 6.45) is 13.6. The second-order valence-corrected chi connectivity index (χ2v) is 7.82. The Hall–Kier alpha value is -0.820. The largest absolute Gasteiger partial charge is 0.310 e. The van der Waals surface area contributed by atoms with Gasteiger partial charge in [-0.2, -0.15) is 0 Å². The molecule has 1 aromatic carbocycles. The Labute approximate surface area is 158 Å². The Morgan fingerprint density at radius 1 is 0.720 bits per heavy atom. The van der Waals surface area contributed by atoms with Gasteiger partial charge in [0.05, 0.1) is 0 Å². The summed E-state index contributed by atoms with van der Waals surface area (Å²) in [6.45, 7) is 10.4. The molecule has 1 nitrogen and oxygen atoms in total. The van der Waals surface area contributed by atoms with E-state index in [4.69, 9.17) is 0 Å². The van der Waals surface area contributed by atoms with E-state index in [1.165, 1.54) is 69.8 Å². The molecule has 0 aliphatic heterocycles. The van der Waals surface area contributed by atoms with Crippen molar-refractivity contribution in [3.05, 3.63) is 35.9 Å². The summed E-state index contributed by atoms with van der Waals surface area (Å²) < 4.78 is 0. The first kappa shape index (κ1) is 22.2. The number of unbranched alkanes of at least 4 members (excludes halogenated alkanes) is 1. The van der Waals surface area contributed by atoms with E-state index in [1.807, 2.05) is 0 Å². The van der Waals surface area contributed by atoms with Gasteiger partial charge >= 0.3 is 0 Å². The van der Waals surface area contributed by atoms with Crippen LogP contribution in [0.4, 0.5) is 0 Å². The highest BCUT2D eigenvalue weighted by Gasteiger charge is 2.14. The van der Waals surface area contributed by atoms with Gasteiger partial charge in [0.25, 0.3) is 0 Å². The number of nitrogens with one attached hydrogen (secondary N) is 1. The van der Waals surface area contributed by atoms with Crippen LogP contribution in [-0.2, 0) is 6.54 Å². The summed E-state index contributed by atoms with van der Waals surface area (Å²) in [7, 11) is 0. The molecule has 1 aromatic rings. The topological polar surface area (TPSA) is 12.0 Å². The van der Waals surface area contributed by atoms with Crippen molar-refractivity contribution < 1.29 is 0 Å². The van der Waals surface area contributed by atoms with Crippen LogP contribution in [0.15, 0.2) is 30.3 Å². The van der Waals surface area contributed by atoms with Crippen molar-refractivity contribution in [2.24, 2.45) is 11.8 Å². The zero-order valence-electron chi connectivity index (χ0n) is 17.4. The van der Waals surface area contributed by atoms with Crippen LogP contribution in [0.2, 0.25) is 0 Å². The van der Waals surface area contributed by atoms with Gasteiger partial charge in [-0.3, -0.25) is 0 Å². The molecule has 0 radical (unpaired) electrons. The molecule has 1 N–H and O–H groups in total. The normalized spacial score (nSPS) is 14.0. The van der Waals surface area contributed by atoms with Crippen molar-refractivity contribution in [3.63, 3.8) is 0 Å². The predicted octanol–water partition coefficient (Wildman–Crippen LogP) is 7.36. The standard InChI is InChI=1S/C24H43N/c1-5-9-13-22(8-4)17-19-24(18-16-21(6-2)7-3)25-20-23-14-11-10-12-15-23/h10-12,14-15,21-22,24-25H,5-9,13,16-20H2,1-4H3. The summed E-state index contributed by atoms with van der Waals surface area (Å²) in [5, 5.41) is 3.88. The van der Waals surface area contributed by atoms with Crippen LogP contribution in [0.5, 0.6) is 0 Å². The molecule has 0 spiro atoms. The van der Waals surface area contributed by atoms with Crippen molar-refractivity contribution in [1.29, 1.82) is 0 Å². The molecule has 0 fully saturated rings. The van der Waals surface area contributed by atoms with Crippen molar-refractivity contribution in [1.82, 2.24) is 5.32 Å². The van der Waals surface area contributed by atoms with Crippen LogP contribution in [0.25, 0.3) is 0 Å². The maximum Gasteiger partial charge on any atom is 0.0208 e. The van der Waals surface area contributed by atoms with Gasteiger partial charge in [-0.15, -0.1) is 0 Å². The summed E-state index contributed by atoms with van der Waals surface area (Å²) >= 11 is 0. The Kier molecular flexibility index (Phi) is 12.8. The minimum Gasteiger partial charge on any atom is -0.310 e. The van der Waals surface area contributed by atoms with E-state index < -0.39 is 0 Å². The maximum absolute atomic E-state index is 3.88. The average Bonchev–Trinajstić information content (AvgIpc) is 2.66. The van der Waals surface area contributed by atoms with Crippen molar-refractivity contribution >= 4 is 0 Å². The third-order valence-corrected chi connectivity index (χ3v) is 5.98. The highest BCUT2D eigenvalue weighted by molar-refractivity contribution is 5.14. The molecule has 0 saturated heterocycles. The molecule has 144 valence electrons. The molecule has 1 rings (SSSR count). The quantitative estimate of drug-likeness (QED) is 0.350. The van der Waals surface area contributed by atoms with Gasteiger partial charge in [-0.25, -0.2) is 0 Å². The van der Waals surface area contributed by atoms with Crippen LogP contribution >= 0.6 is 0 Å². The number of hydrogen-bond donors (Lipinski definition) is 1. The summed E-state index contributed by atoms with van der Waals surface area (Å²) in [6, 6.07) is 11.6. The van der Waals surface area contributed by atoms with Crippen LogP contribution in [0, 0.1) is 11.8 Å². The average molecular weight is 346 g/mol. The van der Waals surface area contributed by atoms with E-state index in [1.54, 1.807) is 0 Å². The molecular formula is C24H43N. The lowest BCUT2D eigenvalue weighted by atomic mass is 9.89. The Morgan fingerprint density at radius 3 is 1.88 bits per heavy atom. The fraction of sp³-hybridized carbons (Fsp3) is 0.750. The SMILES string of the molecule is CCCCC(CC)CCC(CCC(CC)CC)NCc1ccccc1. The first-order chi connectivity index (χ1) is 12.2. The third-order valence-electron chi connectivity index (χ3n) is 5.98. The molecule has 0 heterocycles. The molecule has 2 unspecified atom stereocenters. The zero-order valence-corrected chi connectivity index (χ0v) is 17.4. The monoisotopic (exact) mass is 345 g/mol. The van der Waals surface area contributed by atoms with E-state index in [2.05, 4.69) is 63.3 Å². The smallest absolute Gasteiger partial charge is 0.0208 e. The van der Waals surface area contributed by atoms with Gasteiger partial charge < -0.3 is 5.32 Å². The maximum atomic E-state index is 3.88. The minimum absolute atomic E-state index is 0.677. The fourth-order valence-corrected chi connectivity index (χ4v) is 3.82. The Balaban J connectivity index is 2.50. The number of rotatable bonds is 15. The summed E-state index contributed by atoms with van der Waals surface area (Å²) in [5.41, 5.74) is 1.41. The highest BCUT2D eigenvalue weighted by atomic mass is 14.9. The van der Waals surface area contributed by atoms with Gasteiger partial charge in [0.1, 0.15) is 0 Å². The molecule has 0 aliphatic carbocycles. The van der Waals surface area contributed by atoms with E-state index in [-0.39, 0.29) is 0 Å². The lowest BCUT2D eigenvalue weighted by Gasteiger charge is -2.24. The van der Waals surface area contributed by atoms with Crippen LogP contribution in [0.3, 0.4) is 0 Å². The zero-order chi connectivity index (χ0) is 18.3. The van der Waals surface area contributed by atoms with Gasteiger partial charge in [0.2, 0.25) is 0 Å². The van der Waals surface area contributed by atoms with E-state index in [9.17, 15) is 0 Å². The number of hydrogen-bond acceptors (Lipinski definition) is 1. The summed E-state index contributed by atoms with van der Waals surface area (Å²) in [5.74, 6) is 1.83. The molecule has 2 atom stereocenters. The van der Waals surface area contributed by atoms with E-state index >= 15 is 0 Å². The Bertz CT molecular complexity index is 396. The van der Waals surface area contributed by atoms with Crippen LogP contribution in [-0.4, -0.2) is 6.04 Å². The molecule has 25 heavy (non-hydrogen) atoms. The molecule has 0 saturated carbocycles. The fourth-order valence-electron chi connectivity index (χ4n) is 3.82. The van der Waals surface area contributed by atoms with Gasteiger partial charge in [-0.05, 0) is 43.1 Å². The van der Waals surface area contributed by atoms with Crippen molar-refractivity contribution in [2.75, 3.05) is 0 Å². The molecule has 0 aromatic heterocycles. The Morgan fingerprint density at radius 2 is 1.32 bits per heavy atom. The molecular weight excluding hydrogens is 302 g/mol. The first-order valence-corrected chi connectivity index (χ1v) is 11.0. The third kappa shape index (κ3) is 10.0.